The van der Waals surface area contributed by atoms with Crippen molar-refractivity contribution < 1.29 is 0 Å². The smallest absolute Gasteiger partial charge is 0.0671 e. The molecule has 3 nitrogen and oxygen atoms in total. The van der Waals surface area contributed by atoms with E-state index in [9.17, 15) is 0 Å². The van der Waals surface area contributed by atoms with Gasteiger partial charge in [0, 0.05) is 18.4 Å². The van der Waals surface area contributed by atoms with Crippen molar-refractivity contribution in [1.29, 1.82) is 5.26 Å². The maximum atomic E-state index is 8.36. The molecule has 0 amide bonds. The van der Waals surface area contributed by atoms with E-state index in [1.54, 1.807) is 13.1 Å². The second-order valence-corrected chi connectivity index (χ2v) is 2.33. The van der Waals surface area contributed by atoms with E-state index in [1.807, 2.05) is 6.92 Å². The van der Waals surface area contributed by atoms with Gasteiger partial charge in [-0.05, 0) is 13.8 Å². The highest BCUT2D eigenvalue weighted by Gasteiger charge is 1.94. The fourth-order valence-electron chi connectivity index (χ4n) is 0.442. The zero-order valence-corrected chi connectivity index (χ0v) is 6.39. The van der Waals surface area contributed by atoms with Crippen molar-refractivity contribution in [3.63, 3.8) is 0 Å². The monoisotopic (exact) mass is 139 g/mol. The van der Waals surface area contributed by atoms with Crippen LogP contribution in [0, 0.1) is 17.2 Å². The molecule has 0 heterocycles. The molecule has 0 fully saturated rings. The van der Waals surface area contributed by atoms with Gasteiger partial charge in [-0.3, -0.25) is 0 Å². The van der Waals surface area contributed by atoms with Crippen molar-refractivity contribution in [3.8, 4) is 6.07 Å². The number of nitrogens with one attached hydrogen (secondary N) is 1. The highest BCUT2D eigenvalue weighted by atomic mass is 14.8. The zero-order valence-electron chi connectivity index (χ0n) is 6.39. The van der Waals surface area contributed by atoms with Crippen LogP contribution in [0.5, 0.6) is 0 Å². The SMILES string of the molecule is CC(N)=CNCC(C)C#N. The first-order valence-corrected chi connectivity index (χ1v) is 3.22. The minimum atomic E-state index is 0.0376. The zero-order chi connectivity index (χ0) is 7.98. The van der Waals surface area contributed by atoms with Crippen LogP contribution >= 0.6 is 0 Å². The Balaban J connectivity index is 3.39. The largest absolute Gasteiger partial charge is 0.401 e. The van der Waals surface area contributed by atoms with Crippen LogP contribution in [0.25, 0.3) is 0 Å². The number of hydrogen-bond acceptors (Lipinski definition) is 3. The molecule has 0 aromatic rings. The van der Waals surface area contributed by atoms with Gasteiger partial charge >= 0.3 is 0 Å². The Morgan fingerprint density at radius 2 is 2.50 bits per heavy atom. The lowest BCUT2D eigenvalue weighted by Gasteiger charge is -2.01. The van der Waals surface area contributed by atoms with Crippen molar-refractivity contribution in [2.45, 2.75) is 13.8 Å². The maximum absolute atomic E-state index is 8.36. The van der Waals surface area contributed by atoms with Gasteiger partial charge in [-0.15, -0.1) is 0 Å². The second-order valence-electron chi connectivity index (χ2n) is 2.33. The van der Waals surface area contributed by atoms with Gasteiger partial charge in [-0.2, -0.15) is 5.26 Å². The first kappa shape index (κ1) is 8.83. The summed E-state index contributed by atoms with van der Waals surface area (Å²) in [5, 5.41) is 11.3. The maximum Gasteiger partial charge on any atom is 0.0671 e. The third-order valence-corrected chi connectivity index (χ3v) is 0.974. The van der Waals surface area contributed by atoms with E-state index in [1.165, 1.54) is 0 Å². The molecule has 0 radical (unpaired) electrons. The van der Waals surface area contributed by atoms with Crippen LogP contribution in [0.15, 0.2) is 11.9 Å². The number of nitriles is 1. The lowest BCUT2D eigenvalue weighted by Crippen LogP contribution is -2.15. The van der Waals surface area contributed by atoms with Crippen molar-refractivity contribution in [1.82, 2.24) is 5.32 Å². The van der Waals surface area contributed by atoms with E-state index in [0.29, 0.717) is 6.54 Å². The van der Waals surface area contributed by atoms with Gasteiger partial charge in [-0.1, -0.05) is 0 Å². The van der Waals surface area contributed by atoms with Crippen molar-refractivity contribution in [2.75, 3.05) is 6.54 Å². The molecule has 0 aromatic carbocycles. The van der Waals surface area contributed by atoms with Crippen LogP contribution in [0.1, 0.15) is 13.8 Å². The van der Waals surface area contributed by atoms with Crippen LogP contribution in [-0.2, 0) is 0 Å². The summed E-state index contributed by atoms with van der Waals surface area (Å²) < 4.78 is 0. The van der Waals surface area contributed by atoms with E-state index in [2.05, 4.69) is 11.4 Å². The summed E-state index contributed by atoms with van der Waals surface area (Å²) in [6.07, 6.45) is 1.70. The summed E-state index contributed by atoms with van der Waals surface area (Å²) >= 11 is 0. The highest BCUT2D eigenvalue weighted by molar-refractivity contribution is 4.91. The van der Waals surface area contributed by atoms with Crippen molar-refractivity contribution in [3.05, 3.63) is 11.9 Å². The first-order valence-electron chi connectivity index (χ1n) is 3.22. The van der Waals surface area contributed by atoms with Gasteiger partial charge in [0.1, 0.15) is 0 Å². The van der Waals surface area contributed by atoms with Gasteiger partial charge < -0.3 is 11.1 Å². The topological polar surface area (TPSA) is 61.8 Å². The molecule has 0 spiro atoms. The molecule has 0 aliphatic rings. The molecular formula is C7H13N3. The van der Waals surface area contributed by atoms with Crippen LogP contribution in [0.3, 0.4) is 0 Å². The molecule has 0 saturated carbocycles. The van der Waals surface area contributed by atoms with Gasteiger partial charge in [0.2, 0.25) is 0 Å². The third-order valence-electron chi connectivity index (χ3n) is 0.974. The first-order chi connectivity index (χ1) is 4.66. The van der Waals surface area contributed by atoms with Crippen molar-refractivity contribution in [2.24, 2.45) is 11.7 Å². The Labute approximate surface area is 61.5 Å². The normalized spacial score (nSPS) is 13.9. The molecule has 10 heavy (non-hydrogen) atoms. The molecule has 0 saturated heterocycles. The summed E-state index contributed by atoms with van der Waals surface area (Å²) in [5.74, 6) is 0.0376. The molecule has 0 rings (SSSR count). The highest BCUT2D eigenvalue weighted by Crippen LogP contribution is 1.87. The fourth-order valence-corrected chi connectivity index (χ4v) is 0.442. The Morgan fingerprint density at radius 1 is 1.90 bits per heavy atom. The average molecular weight is 139 g/mol. The average Bonchev–Trinajstić information content (AvgIpc) is 1.87. The summed E-state index contributed by atoms with van der Waals surface area (Å²) in [6.45, 7) is 4.31. The van der Waals surface area contributed by atoms with E-state index in [4.69, 9.17) is 11.0 Å². The van der Waals surface area contributed by atoms with E-state index < -0.39 is 0 Å². The summed E-state index contributed by atoms with van der Waals surface area (Å²) in [6, 6.07) is 2.11. The Bertz CT molecular complexity index is 151. The lowest BCUT2D eigenvalue weighted by atomic mass is 10.2. The van der Waals surface area contributed by atoms with Gasteiger partial charge in [0.05, 0.1) is 12.0 Å². The van der Waals surface area contributed by atoms with Crippen LogP contribution in [0.2, 0.25) is 0 Å². The quantitative estimate of drug-likeness (QED) is 0.600. The molecule has 3 N–H and O–H groups in total. The molecule has 3 heteroatoms. The standard InChI is InChI=1S/C7H13N3/c1-6(3-8)4-10-5-7(2)9/h5-6,10H,4,9H2,1-2H3. The van der Waals surface area contributed by atoms with Crippen LogP contribution in [0.4, 0.5) is 0 Å². The number of rotatable bonds is 3. The lowest BCUT2D eigenvalue weighted by molar-refractivity contribution is 0.680. The molecule has 0 aliphatic carbocycles. The molecule has 1 unspecified atom stereocenters. The van der Waals surface area contributed by atoms with Gasteiger partial charge in [0.15, 0.2) is 0 Å². The molecule has 56 valence electrons. The van der Waals surface area contributed by atoms with Crippen LogP contribution in [-0.4, -0.2) is 6.54 Å². The number of hydrogen-bond donors (Lipinski definition) is 2. The molecule has 0 bridgehead atoms. The minimum Gasteiger partial charge on any atom is -0.401 e. The summed E-state index contributed by atoms with van der Waals surface area (Å²) in [4.78, 5) is 0. The van der Waals surface area contributed by atoms with E-state index >= 15 is 0 Å². The van der Waals surface area contributed by atoms with Crippen molar-refractivity contribution >= 4 is 0 Å². The van der Waals surface area contributed by atoms with Crippen LogP contribution < -0.4 is 11.1 Å². The number of nitrogens with zero attached hydrogens (tertiary/aromatic N) is 1. The fraction of sp³-hybridized carbons (Fsp3) is 0.571. The van der Waals surface area contributed by atoms with Gasteiger partial charge in [0.25, 0.3) is 0 Å². The summed E-state index contributed by atoms with van der Waals surface area (Å²) in [7, 11) is 0. The Kier molecular flexibility index (Phi) is 4.14. The number of allylic oxidation sites excluding steroid dienone is 1. The molecular weight excluding hydrogens is 126 g/mol. The van der Waals surface area contributed by atoms with E-state index in [-0.39, 0.29) is 5.92 Å². The summed E-state index contributed by atoms with van der Waals surface area (Å²) in [5.41, 5.74) is 6.06. The second kappa shape index (κ2) is 4.68. The third kappa shape index (κ3) is 4.98. The molecule has 0 aromatic heterocycles. The predicted molar refractivity (Wildman–Crippen MR) is 40.7 cm³/mol. The Hall–Kier alpha value is -1.17. The number of nitrogens with two attached hydrogens (primary N) is 1. The minimum absolute atomic E-state index is 0.0376. The Morgan fingerprint density at radius 3 is 2.90 bits per heavy atom. The predicted octanol–water partition coefficient (Wildman–Crippen LogP) is 0.556. The van der Waals surface area contributed by atoms with Gasteiger partial charge in [-0.25, -0.2) is 0 Å². The van der Waals surface area contributed by atoms with E-state index in [0.717, 1.165) is 5.70 Å². The molecule has 0 aliphatic heterocycles. The molecule has 1 atom stereocenters.